The van der Waals surface area contributed by atoms with Gasteiger partial charge in [-0.1, -0.05) is 0 Å². The third kappa shape index (κ3) is 1.98. The zero-order valence-electron chi connectivity index (χ0n) is 10.2. The van der Waals surface area contributed by atoms with E-state index in [0.717, 1.165) is 6.29 Å². The predicted octanol–water partition coefficient (Wildman–Crippen LogP) is 0.908. The molecular weight excluding hydrogens is 224 g/mol. The molecule has 5 nitrogen and oxygen atoms in total. The fourth-order valence-electron chi connectivity index (χ4n) is 2.74. The Morgan fingerprint density at radius 2 is 2.00 bits per heavy atom. The van der Waals surface area contributed by atoms with Crippen molar-refractivity contribution in [2.75, 3.05) is 20.3 Å². The van der Waals surface area contributed by atoms with E-state index in [2.05, 4.69) is 0 Å². The van der Waals surface area contributed by atoms with Gasteiger partial charge in [0, 0.05) is 18.8 Å². The second-order valence-electron chi connectivity index (χ2n) is 4.96. The fourth-order valence-corrected chi connectivity index (χ4v) is 2.74. The quantitative estimate of drug-likeness (QED) is 0.532. The van der Waals surface area contributed by atoms with Gasteiger partial charge >= 0.3 is 5.97 Å². The van der Waals surface area contributed by atoms with Crippen LogP contribution in [0.25, 0.3) is 0 Å². The number of carbonyl (C=O) groups excluding carboxylic acids is 2. The van der Waals surface area contributed by atoms with Gasteiger partial charge in [-0.15, -0.1) is 0 Å². The molecule has 0 aromatic heterocycles. The van der Waals surface area contributed by atoms with Gasteiger partial charge in [-0.2, -0.15) is 0 Å². The molecule has 0 aromatic rings. The van der Waals surface area contributed by atoms with Gasteiger partial charge in [-0.05, 0) is 13.3 Å². The minimum atomic E-state index is -0.753. The number of hydrogen-bond acceptors (Lipinski definition) is 5. The van der Waals surface area contributed by atoms with E-state index in [1.807, 2.05) is 0 Å². The smallest absolute Gasteiger partial charge is 0.312 e. The Balaban J connectivity index is 2.18. The molecule has 1 saturated carbocycles. The van der Waals surface area contributed by atoms with Crippen molar-refractivity contribution in [3.05, 3.63) is 0 Å². The van der Waals surface area contributed by atoms with Crippen LogP contribution in [0.2, 0.25) is 0 Å². The van der Waals surface area contributed by atoms with Crippen LogP contribution in [0.3, 0.4) is 0 Å². The van der Waals surface area contributed by atoms with E-state index in [4.69, 9.17) is 14.2 Å². The molecule has 2 rings (SSSR count). The van der Waals surface area contributed by atoms with Crippen LogP contribution in [-0.2, 0) is 23.8 Å². The van der Waals surface area contributed by atoms with Gasteiger partial charge in [-0.25, -0.2) is 0 Å². The van der Waals surface area contributed by atoms with E-state index in [9.17, 15) is 9.59 Å². The molecular formula is C12H18O5. The van der Waals surface area contributed by atoms with Crippen LogP contribution in [0.1, 0.15) is 26.2 Å². The highest BCUT2D eigenvalue weighted by Crippen LogP contribution is 2.48. The van der Waals surface area contributed by atoms with Crippen molar-refractivity contribution in [3.63, 3.8) is 0 Å². The monoisotopic (exact) mass is 242 g/mol. The zero-order chi connectivity index (χ0) is 12.5. The van der Waals surface area contributed by atoms with Crippen molar-refractivity contribution in [1.82, 2.24) is 0 Å². The minimum Gasteiger partial charge on any atom is -0.469 e. The average molecular weight is 242 g/mol. The average Bonchev–Trinajstić information content (AvgIpc) is 2.80. The number of carbonyl (C=O) groups is 2. The van der Waals surface area contributed by atoms with Crippen molar-refractivity contribution in [3.8, 4) is 0 Å². The molecule has 17 heavy (non-hydrogen) atoms. The van der Waals surface area contributed by atoms with Crippen molar-refractivity contribution in [1.29, 1.82) is 0 Å². The van der Waals surface area contributed by atoms with Crippen LogP contribution in [0.5, 0.6) is 0 Å². The first kappa shape index (κ1) is 12.5. The molecule has 0 unspecified atom stereocenters. The summed E-state index contributed by atoms with van der Waals surface area (Å²) in [6.07, 6.45) is 2.43. The van der Waals surface area contributed by atoms with Gasteiger partial charge in [0.05, 0.1) is 25.7 Å². The number of rotatable bonds is 2. The van der Waals surface area contributed by atoms with Crippen molar-refractivity contribution >= 4 is 12.3 Å². The summed E-state index contributed by atoms with van der Waals surface area (Å²) in [4.78, 5) is 23.0. The molecule has 0 amide bonds. The standard InChI is InChI=1S/C12H18O5/c1-11(10(14)15-2)3-4-12(7-9(11)8-13)16-5-6-17-12/h8-9H,3-7H2,1-2H3/t9-,11-/m1/s1. The highest BCUT2D eigenvalue weighted by Gasteiger charge is 2.53. The van der Waals surface area contributed by atoms with Crippen LogP contribution >= 0.6 is 0 Å². The highest BCUT2D eigenvalue weighted by molar-refractivity contribution is 5.81. The van der Waals surface area contributed by atoms with Crippen LogP contribution in [-0.4, -0.2) is 38.4 Å². The minimum absolute atomic E-state index is 0.331. The Kier molecular flexibility index (Phi) is 3.23. The summed E-state index contributed by atoms with van der Waals surface area (Å²) in [5, 5.41) is 0. The molecule has 2 aliphatic rings. The van der Waals surface area contributed by atoms with E-state index in [0.29, 0.717) is 32.5 Å². The van der Waals surface area contributed by atoms with E-state index < -0.39 is 17.1 Å². The third-order valence-electron chi connectivity index (χ3n) is 4.00. The first-order chi connectivity index (χ1) is 8.06. The van der Waals surface area contributed by atoms with Crippen LogP contribution in [0.4, 0.5) is 0 Å². The van der Waals surface area contributed by atoms with E-state index in [-0.39, 0.29) is 5.97 Å². The molecule has 0 N–H and O–H groups in total. The maximum atomic E-state index is 11.8. The molecule has 1 saturated heterocycles. The zero-order valence-corrected chi connectivity index (χ0v) is 10.2. The number of methoxy groups -OCH3 is 1. The van der Waals surface area contributed by atoms with Crippen molar-refractivity contribution < 1.29 is 23.8 Å². The second-order valence-corrected chi connectivity index (χ2v) is 4.96. The Morgan fingerprint density at radius 3 is 2.53 bits per heavy atom. The summed E-state index contributed by atoms with van der Waals surface area (Å²) in [7, 11) is 1.35. The summed E-state index contributed by atoms with van der Waals surface area (Å²) in [6.45, 7) is 2.89. The molecule has 1 heterocycles. The normalized spacial score (nSPS) is 35.8. The number of ether oxygens (including phenoxy) is 3. The molecule has 1 spiro atoms. The molecule has 1 aliphatic heterocycles. The van der Waals surface area contributed by atoms with Crippen LogP contribution < -0.4 is 0 Å². The summed E-state index contributed by atoms with van der Waals surface area (Å²) >= 11 is 0. The van der Waals surface area contributed by atoms with Gasteiger partial charge in [-0.3, -0.25) is 4.79 Å². The lowest BCUT2D eigenvalue weighted by atomic mass is 9.66. The topological polar surface area (TPSA) is 61.8 Å². The van der Waals surface area contributed by atoms with Crippen molar-refractivity contribution in [2.45, 2.75) is 32.0 Å². The fraction of sp³-hybridized carbons (Fsp3) is 0.833. The molecule has 5 heteroatoms. The number of aldehydes is 1. The van der Waals surface area contributed by atoms with Crippen LogP contribution in [0, 0.1) is 11.3 Å². The SMILES string of the molecule is COC(=O)[C@]1(C)CCC2(C[C@@H]1C=O)OCCO2. The molecule has 0 bridgehead atoms. The second kappa shape index (κ2) is 4.38. The summed E-state index contributed by atoms with van der Waals surface area (Å²) in [5.41, 5.74) is -0.753. The summed E-state index contributed by atoms with van der Waals surface area (Å²) < 4.78 is 16.0. The Bertz CT molecular complexity index is 321. The molecule has 0 aromatic carbocycles. The van der Waals surface area contributed by atoms with Crippen LogP contribution in [0.15, 0.2) is 0 Å². The Morgan fingerprint density at radius 1 is 1.35 bits per heavy atom. The lowest BCUT2D eigenvalue weighted by Gasteiger charge is -2.43. The van der Waals surface area contributed by atoms with Gasteiger partial charge in [0.1, 0.15) is 6.29 Å². The number of hydrogen-bond donors (Lipinski definition) is 0. The third-order valence-corrected chi connectivity index (χ3v) is 4.00. The molecule has 1 aliphatic carbocycles. The van der Waals surface area contributed by atoms with Gasteiger partial charge in [0.15, 0.2) is 5.79 Å². The maximum absolute atomic E-state index is 11.8. The lowest BCUT2D eigenvalue weighted by molar-refractivity contribution is -0.209. The first-order valence-electron chi connectivity index (χ1n) is 5.88. The predicted molar refractivity (Wildman–Crippen MR) is 58.2 cm³/mol. The van der Waals surface area contributed by atoms with E-state index in [1.54, 1.807) is 6.92 Å². The van der Waals surface area contributed by atoms with Gasteiger partial charge in [0.25, 0.3) is 0 Å². The molecule has 2 fully saturated rings. The summed E-state index contributed by atoms with van der Waals surface area (Å²) in [6, 6.07) is 0. The molecule has 2 atom stereocenters. The highest BCUT2D eigenvalue weighted by atomic mass is 16.7. The van der Waals surface area contributed by atoms with Gasteiger partial charge < -0.3 is 19.0 Å². The first-order valence-corrected chi connectivity index (χ1v) is 5.88. The lowest BCUT2D eigenvalue weighted by Crippen LogP contribution is -2.49. The molecule has 96 valence electrons. The largest absolute Gasteiger partial charge is 0.469 e. The number of esters is 1. The van der Waals surface area contributed by atoms with E-state index in [1.165, 1.54) is 7.11 Å². The Hall–Kier alpha value is -0.940. The Labute approximate surface area is 100 Å². The molecule has 0 radical (unpaired) electrons. The van der Waals surface area contributed by atoms with Gasteiger partial charge in [0.2, 0.25) is 0 Å². The maximum Gasteiger partial charge on any atom is 0.312 e. The summed E-state index contributed by atoms with van der Waals surface area (Å²) in [5.74, 6) is -1.40. The van der Waals surface area contributed by atoms with Crippen molar-refractivity contribution in [2.24, 2.45) is 11.3 Å². The van der Waals surface area contributed by atoms with E-state index >= 15 is 0 Å².